The number of H-pyrrole nitrogens is 8. The topological polar surface area (TPSA) is 562 Å². The summed E-state index contributed by atoms with van der Waals surface area (Å²) in [5, 5.41) is 61.8. The third-order valence-electron chi connectivity index (χ3n) is 18.4. The Morgan fingerprint density at radius 3 is 1.37 bits per heavy atom. The van der Waals surface area contributed by atoms with Gasteiger partial charge in [-0.2, -0.15) is 70.6 Å². The molecule has 11 aromatic rings. The first-order valence-corrected chi connectivity index (χ1v) is 36.7. The average molecular weight is 1750 g/mol. The van der Waals surface area contributed by atoms with Gasteiger partial charge in [0.05, 0.1) is 121 Å². The molecule has 11 aromatic heterocycles. The Labute approximate surface area is 707 Å². The molecule has 14 heterocycles. The van der Waals surface area contributed by atoms with Crippen molar-refractivity contribution in [1.82, 2.24) is 91.0 Å². The normalized spacial score (nSPS) is 15.1. The lowest BCUT2D eigenvalue weighted by Gasteiger charge is -2.40. The molecule has 0 unspecified atom stereocenters. The number of hydrogen-bond donors (Lipinski definition) is 16. The Morgan fingerprint density at radius 2 is 1.00 bits per heavy atom. The number of nitrogens with zero attached hydrogens (tertiary/aromatic N) is 16. The van der Waals surface area contributed by atoms with Crippen molar-refractivity contribution in [1.29, 1.82) is 15.8 Å². The van der Waals surface area contributed by atoms with Gasteiger partial charge in [-0.3, -0.25) is 65.2 Å². The SMILES string of the molecule is CC(=NCC(N)=O)c1cc(C#N)c[nH]1.CC(=O)c1cc(C#N)c[nH]1.C[C@@H]1CN(Cc2cn[nH]c2-c2cc(C#N)c[nH]2)CCN1c1ccc(C(F)(F)F)cn1.C[C@@H]1CN(Cc2cn[nH]c2-c2cc(C(N)=O)c[nH]2)CCN1c1ccc(C(F)(F)F)cn1.C[C@@H]1CNCCN1c1ccc(C(F)(F)F)cn1.Cl.NNC(N)=O.OO.[C-]#[N+]c1c[nH]c(-c2[nH]ncc2C=O)c1. The number of carbonyl (C=O) groups is 5. The molecule has 124 heavy (non-hydrogen) atoms. The van der Waals surface area contributed by atoms with Crippen LogP contribution in [0.1, 0.15) is 116 Å². The second kappa shape index (κ2) is 46.3. The monoisotopic (exact) mass is 1750 g/mol. The summed E-state index contributed by atoms with van der Waals surface area (Å²) < 4.78 is 114. The number of alkyl halides is 9. The molecule has 3 aliphatic heterocycles. The van der Waals surface area contributed by atoms with Gasteiger partial charge in [-0.25, -0.2) is 30.4 Å². The zero-order valence-corrected chi connectivity index (χ0v) is 67.5. The van der Waals surface area contributed by atoms with Gasteiger partial charge >= 0.3 is 24.6 Å². The number of piperazine rings is 3. The molecule has 3 aliphatic rings. The van der Waals surface area contributed by atoms with E-state index in [1.54, 1.807) is 73.8 Å². The van der Waals surface area contributed by atoms with Crippen LogP contribution in [0.2, 0.25) is 0 Å². The molecule has 4 amide bonds. The number of urea groups is 1. The van der Waals surface area contributed by atoms with E-state index in [1.807, 2.05) is 47.6 Å². The molecule has 656 valence electrons. The van der Waals surface area contributed by atoms with Crippen LogP contribution in [-0.4, -0.2) is 210 Å². The van der Waals surface area contributed by atoms with E-state index in [9.17, 15) is 63.5 Å². The standard InChI is InChI=1S/C20H22F3N7O.C20H20F3N7.C11H14F3N3.C9H6N4O.C9H10N4O.C7H6N2O.CH5N3O.ClH.H2O2/c1-12-10-29(4-5-30(12)17-3-2-15(9-26-17)20(21,22)23)11-14-8-27-28-18(14)16-6-13(7-25-16)19(24)31;1-13-11-29(4-5-30(13)18-3-2-16(10-26-18)20(21,22)23)12-15-9-27-28-19(15)17-6-14(7-24)8-25-17;1-8-6-15-4-5-17(8)10-3-2-9(7-16-10)11(12,13)14;1-10-7-2-8(11-4-7)9-6(5-14)3-12-13-9;1-6(12-5-9(11)14)8-2-7(3-10)4-13-8;1-5(10)7-2-6(3-8)4-9-7;2-1(5)4-3;;1-2/h2-3,6-9,12,25H,4-5,10-11H2,1H3,(H2,24,31)(H,27,28);2-3,6,8-10,13,25H,4-5,11-12H2,1H3,(H,27,28);2-3,7-8,15H,4-6H2,1H3;2-5,11H,(H,12,13);2,4,13H,5H2,1H3,(H2,11,14);2,4,9H,1H3;3H2,(H3,2,4,5);1H;1-2H/t12-;13-;8-;;;;;;/m111....../s1. The molecule has 0 bridgehead atoms. The number of halogens is 10. The van der Waals surface area contributed by atoms with E-state index < -0.39 is 53.1 Å². The number of aromatic amines is 8. The summed E-state index contributed by atoms with van der Waals surface area (Å²) in [6.07, 6.45) is 3.13. The molecule has 0 aromatic carbocycles. The van der Waals surface area contributed by atoms with Crippen LogP contribution in [0.25, 0.3) is 39.0 Å². The van der Waals surface area contributed by atoms with Gasteiger partial charge in [-0.05, 0) is 94.4 Å². The summed E-state index contributed by atoms with van der Waals surface area (Å²) in [5.74, 6) is 5.10. The maximum atomic E-state index is 12.8. The molecule has 14 rings (SSSR count). The smallest absolute Gasteiger partial charge is 0.371 e. The largest absolute Gasteiger partial charge is 0.417 e. The van der Waals surface area contributed by atoms with Crippen LogP contribution in [0, 0.1) is 40.6 Å². The fourth-order valence-corrected chi connectivity index (χ4v) is 12.3. The Bertz CT molecular complexity index is 5470. The maximum absolute atomic E-state index is 12.8. The van der Waals surface area contributed by atoms with Gasteiger partial charge in [0.15, 0.2) is 12.1 Å². The number of aldehydes is 1. The number of primary amides is 3. The van der Waals surface area contributed by atoms with Crippen LogP contribution in [0.4, 0.5) is 67.4 Å². The number of carbonyl (C=O) groups excluding carboxylic acids is 5. The number of hydrazine groups is 1. The van der Waals surface area contributed by atoms with Gasteiger partial charge in [0.25, 0.3) is 0 Å². The van der Waals surface area contributed by atoms with Gasteiger partial charge in [-0.1, -0.05) is 0 Å². The van der Waals surface area contributed by atoms with Crippen molar-refractivity contribution in [2.45, 2.75) is 84.4 Å². The van der Waals surface area contributed by atoms with Crippen LogP contribution in [0.15, 0.2) is 140 Å². The van der Waals surface area contributed by atoms with Crippen molar-refractivity contribution in [3.8, 4) is 52.4 Å². The van der Waals surface area contributed by atoms with E-state index in [4.69, 9.17) is 44.3 Å². The number of hydrogen-bond acceptors (Lipinski definition) is 24. The van der Waals surface area contributed by atoms with Gasteiger partial charge in [0.1, 0.15) is 42.2 Å². The zero-order valence-electron chi connectivity index (χ0n) is 66.7. The van der Waals surface area contributed by atoms with Gasteiger partial charge < -0.3 is 62.1 Å². The van der Waals surface area contributed by atoms with Crippen molar-refractivity contribution in [3.05, 3.63) is 213 Å². The van der Waals surface area contributed by atoms with Gasteiger partial charge in [0, 0.05) is 158 Å². The van der Waals surface area contributed by atoms with Crippen LogP contribution in [-0.2, 0) is 36.4 Å². The number of nitriles is 3. The number of amides is 4. The number of ketones is 1. The van der Waals surface area contributed by atoms with Crippen LogP contribution >= 0.6 is 12.4 Å². The highest BCUT2D eigenvalue weighted by Gasteiger charge is 2.35. The predicted molar refractivity (Wildman–Crippen MR) is 438 cm³/mol. The summed E-state index contributed by atoms with van der Waals surface area (Å²) in [7, 11) is 0. The third kappa shape index (κ3) is 28.6. The zero-order chi connectivity index (χ0) is 90.3. The summed E-state index contributed by atoms with van der Waals surface area (Å²) in [4.78, 5) is 96.6. The van der Waals surface area contributed by atoms with E-state index >= 15 is 0 Å². The van der Waals surface area contributed by atoms with E-state index in [-0.39, 0.29) is 42.9 Å². The Kier molecular flexibility index (Phi) is 36.7. The van der Waals surface area contributed by atoms with Crippen molar-refractivity contribution >= 4 is 71.2 Å². The van der Waals surface area contributed by atoms with Crippen molar-refractivity contribution in [2.75, 3.05) is 80.1 Å². The quantitative estimate of drug-likeness (QED) is 0.00492. The molecule has 47 heteroatoms. The Morgan fingerprint density at radius 1 is 0.581 bits per heavy atom. The maximum Gasteiger partial charge on any atom is 0.417 e. The molecule has 0 spiro atoms. The first-order chi connectivity index (χ1) is 58.5. The number of pyridine rings is 3. The van der Waals surface area contributed by atoms with Gasteiger partial charge in [0.2, 0.25) is 17.5 Å². The minimum atomic E-state index is -4.39. The molecule has 0 saturated carbocycles. The van der Waals surface area contributed by atoms with E-state index in [0.717, 1.165) is 122 Å². The predicted octanol–water partition coefficient (Wildman–Crippen LogP) is 9.93. The summed E-state index contributed by atoms with van der Waals surface area (Å²) >= 11 is 0. The van der Waals surface area contributed by atoms with Crippen LogP contribution < -0.4 is 48.5 Å². The molecule has 20 N–H and O–H groups in total. The fraction of sp³-hybridized carbons (Fsp3) is 0.299. The lowest BCUT2D eigenvalue weighted by Crippen LogP contribution is -2.51. The lowest BCUT2D eigenvalue weighted by molar-refractivity contribution is -0.176. The van der Waals surface area contributed by atoms with Crippen LogP contribution in [0.3, 0.4) is 0 Å². The highest BCUT2D eigenvalue weighted by molar-refractivity contribution is 5.98. The highest BCUT2D eigenvalue weighted by atomic mass is 35.5. The van der Waals surface area contributed by atoms with Crippen molar-refractivity contribution < 1.29 is 74.0 Å². The van der Waals surface area contributed by atoms with Gasteiger partial charge in [-0.15, -0.1) is 12.4 Å². The minimum absolute atomic E-state index is 0. The summed E-state index contributed by atoms with van der Waals surface area (Å²) in [6.45, 7) is 24.0. The number of aromatic nitrogens is 14. The fourth-order valence-electron chi connectivity index (χ4n) is 12.3. The number of rotatable bonds is 16. The molecule has 0 radical (unpaired) electrons. The molecule has 0 aliphatic carbocycles. The Hall–Kier alpha value is -14.5. The molecule has 3 saturated heterocycles. The average Bonchev–Trinajstić information content (AvgIpc) is 1.32. The first-order valence-electron chi connectivity index (χ1n) is 36.7. The van der Waals surface area contributed by atoms with Crippen molar-refractivity contribution in [3.63, 3.8) is 0 Å². The number of aliphatic imine (C=N–C) groups is 1. The second-order valence-corrected chi connectivity index (χ2v) is 27.1. The number of nitrogens with one attached hydrogen (secondary N) is 10. The summed E-state index contributed by atoms with van der Waals surface area (Å²) in [6, 6.07) is 21.5. The highest BCUT2D eigenvalue weighted by Crippen LogP contribution is 2.34. The molecule has 3 fully saturated rings. The molecule has 37 nitrogen and oxygen atoms in total. The number of anilines is 3. The first kappa shape index (κ1) is 98.3. The number of Topliss-reactive ketones (excluding diaryl/α,β-unsaturated/α-hetero) is 1. The van der Waals surface area contributed by atoms with E-state index in [1.165, 1.54) is 43.6 Å². The molecule has 3 atom stereocenters. The minimum Gasteiger partial charge on any atom is -0.371 e. The van der Waals surface area contributed by atoms with E-state index in [2.05, 4.69) is 113 Å². The molecular weight excluding hydrogens is 1660 g/mol. The lowest BCUT2D eigenvalue weighted by atomic mass is 10.1. The van der Waals surface area contributed by atoms with Crippen molar-refractivity contribution in [2.24, 2.45) is 28.0 Å². The summed E-state index contributed by atoms with van der Waals surface area (Å²) in [5.41, 5.74) is 25.4. The van der Waals surface area contributed by atoms with E-state index in [0.29, 0.717) is 106 Å². The number of nitrogens with two attached hydrogens (primary N) is 4. The Balaban J connectivity index is 0.000000236. The molecular formula is C77H86ClF9N30O7. The third-order valence-corrected chi connectivity index (χ3v) is 18.4. The van der Waals surface area contributed by atoms with Crippen LogP contribution in [0.5, 0.6) is 0 Å². The second-order valence-electron chi connectivity index (χ2n) is 27.1.